The molecule has 24 heavy (non-hydrogen) atoms. The molecule has 4 atom stereocenters. The summed E-state index contributed by atoms with van der Waals surface area (Å²) < 4.78 is 10.9. The van der Waals surface area contributed by atoms with E-state index in [9.17, 15) is 5.11 Å². The number of hydrogen-bond donors (Lipinski definition) is 1. The largest absolute Gasteiger partial charge is 0.454 e. The first-order chi connectivity index (χ1) is 11.6. The molecular weight excluding hydrogens is 304 g/mol. The highest BCUT2D eigenvalue weighted by molar-refractivity contribution is 5.44. The minimum absolute atomic E-state index is 0.131. The lowest BCUT2D eigenvalue weighted by Gasteiger charge is -2.43. The van der Waals surface area contributed by atoms with Gasteiger partial charge >= 0.3 is 0 Å². The molecule has 2 unspecified atom stereocenters. The van der Waals surface area contributed by atoms with Crippen LogP contribution in [0.15, 0.2) is 18.2 Å². The molecule has 1 aromatic rings. The summed E-state index contributed by atoms with van der Waals surface area (Å²) >= 11 is 0. The molecule has 1 aromatic carbocycles. The molecule has 5 heteroatoms. The summed E-state index contributed by atoms with van der Waals surface area (Å²) in [5, 5.41) is 9.90. The van der Waals surface area contributed by atoms with Crippen molar-refractivity contribution in [2.45, 2.75) is 44.9 Å². The third-order valence-corrected chi connectivity index (χ3v) is 5.64. The summed E-state index contributed by atoms with van der Waals surface area (Å²) in [4.78, 5) is 5.07. The van der Waals surface area contributed by atoms with Crippen LogP contribution in [0.4, 0.5) is 0 Å². The lowest BCUT2D eigenvalue weighted by atomic mass is 9.98. The number of piperazine rings is 1. The van der Waals surface area contributed by atoms with Gasteiger partial charge in [-0.25, -0.2) is 0 Å². The lowest BCUT2D eigenvalue weighted by molar-refractivity contribution is 0.0488. The van der Waals surface area contributed by atoms with Gasteiger partial charge in [0.2, 0.25) is 6.79 Å². The Hall–Kier alpha value is -1.30. The molecule has 3 heterocycles. The highest BCUT2D eigenvalue weighted by Crippen LogP contribution is 2.33. The number of hydrogen-bond acceptors (Lipinski definition) is 5. The average molecular weight is 332 g/mol. The van der Waals surface area contributed by atoms with E-state index in [1.54, 1.807) is 0 Å². The molecule has 4 rings (SSSR count). The van der Waals surface area contributed by atoms with Crippen LogP contribution in [0, 0.1) is 5.92 Å². The number of ether oxygens (including phenoxy) is 2. The van der Waals surface area contributed by atoms with E-state index in [1.165, 1.54) is 5.56 Å². The lowest BCUT2D eigenvalue weighted by Crippen LogP contribution is -2.55. The zero-order valence-corrected chi connectivity index (χ0v) is 14.6. The van der Waals surface area contributed by atoms with Crippen molar-refractivity contribution in [1.29, 1.82) is 0 Å². The van der Waals surface area contributed by atoms with Gasteiger partial charge in [0.15, 0.2) is 11.5 Å². The van der Waals surface area contributed by atoms with Crippen LogP contribution in [0.3, 0.4) is 0 Å². The Morgan fingerprint density at radius 3 is 2.92 bits per heavy atom. The molecule has 132 valence electrons. The second kappa shape index (κ2) is 6.54. The summed E-state index contributed by atoms with van der Waals surface area (Å²) in [5.41, 5.74) is 1.31. The van der Waals surface area contributed by atoms with Gasteiger partial charge in [0.05, 0.1) is 6.10 Å². The minimum Gasteiger partial charge on any atom is -0.454 e. The van der Waals surface area contributed by atoms with E-state index in [-0.39, 0.29) is 6.10 Å². The highest BCUT2D eigenvalue weighted by atomic mass is 16.7. The second-order valence-corrected chi connectivity index (χ2v) is 7.80. The summed E-state index contributed by atoms with van der Waals surface area (Å²) in [5.74, 6) is 2.32. The predicted molar refractivity (Wildman–Crippen MR) is 92.5 cm³/mol. The van der Waals surface area contributed by atoms with Gasteiger partial charge in [-0.3, -0.25) is 9.80 Å². The summed E-state index contributed by atoms with van der Waals surface area (Å²) in [6.07, 6.45) is 1.85. The molecule has 2 fully saturated rings. The van der Waals surface area contributed by atoms with Crippen molar-refractivity contribution in [3.8, 4) is 11.5 Å². The van der Waals surface area contributed by atoms with Crippen molar-refractivity contribution in [2.24, 2.45) is 5.92 Å². The van der Waals surface area contributed by atoms with Crippen LogP contribution < -0.4 is 9.47 Å². The fraction of sp³-hybridized carbons (Fsp3) is 0.684. The van der Waals surface area contributed by atoms with Crippen LogP contribution in [0.5, 0.6) is 11.5 Å². The maximum atomic E-state index is 9.90. The molecular formula is C19H28N2O3. The van der Waals surface area contributed by atoms with Crippen LogP contribution >= 0.6 is 0 Å². The van der Waals surface area contributed by atoms with E-state index in [4.69, 9.17) is 9.47 Å². The zero-order chi connectivity index (χ0) is 16.7. The van der Waals surface area contributed by atoms with Crippen molar-refractivity contribution in [1.82, 2.24) is 9.80 Å². The first-order valence-electron chi connectivity index (χ1n) is 9.13. The Bertz CT molecular complexity index is 594. The quantitative estimate of drug-likeness (QED) is 0.910. The Labute approximate surface area is 144 Å². The Kier molecular flexibility index (Phi) is 4.41. The number of benzene rings is 1. The Morgan fingerprint density at radius 1 is 1.21 bits per heavy atom. The van der Waals surface area contributed by atoms with Crippen LogP contribution in [0.1, 0.15) is 25.8 Å². The first-order valence-corrected chi connectivity index (χ1v) is 9.13. The maximum Gasteiger partial charge on any atom is 0.231 e. The molecule has 3 aliphatic heterocycles. The van der Waals surface area contributed by atoms with Gasteiger partial charge in [0.1, 0.15) is 0 Å². The van der Waals surface area contributed by atoms with Crippen molar-refractivity contribution in [3.05, 3.63) is 23.8 Å². The molecule has 2 saturated heterocycles. The van der Waals surface area contributed by atoms with Crippen LogP contribution in [0.2, 0.25) is 0 Å². The van der Waals surface area contributed by atoms with E-state index < -0.39 is 0 Å². The fourth-order valence-corrected chi connectivity index (χ4v) is 4.47. The standard InChI is InChI=1S/C19H28N2O3/c1-13(5-15-3-4-18-19(6-15)24-12-23-18)8-20-10-16-7-17(22)11-21(16)9-14(20)2/h3-4,6,13-14,16-17,22H,5,7-12H2,1-2H3/t13?,14-,16?,17+/m0/s1. The topological polar surface area (TPSA) is 45.2 Å². The average Bonchev–Trinajstić information content (AvgIpc) is 3.12. The van der Waals surface area contributed by atoms with Crippen molar-refractivity contribution in [2.75, 3.05) is 33.0 Å². The van der Waals surface area contributed by atoms with E-state index in [0.29, 0.717) is 24.8 Å². The molecule has 0 bridgehead atoms. The molecule has 0 spiro atoms. The molecule has 3 aliphatic rings. The molecule has 0 aromatic heterocycles. The van der Waals surface area contributed by atoms with Crippen molar-refractivity contribution < 1.29 is 14.6 Å². The van der Waals surface area contributed by atoms with E-state index in [1.807, 2.05) is 6.07 Å². The van der Waals surface area contributed by atoms with Gasteiger partial charge in [0.25, 0.3) is 0 Å². The normalized spacial score (nSPS) is 31.2. The van der Waals surface area contributed by atoms with Crippen LogP contribution in [-0.2, 0) is 6.42 Å². The molecule has 0 radical (unpaired) electrons. The number of aliphatic hydroxyl groups excluding tert-OH is 1. The smallest absolute Gasteiger partial charge is 0.231 e. The number of aliphatic hydroxyl groups is 1. The molecule has 0 amide bonds. The van der Waals surface area contributed by atoms with Crippen LogP contribution in [0.25, 0.3) is 0 Å². The molecule has 0 aliphatic carbocycles. The number of nitrogens with zero attached hydrogens (tertiary/aromatic N) is 2. The molecule has 1 N–H and O–H groups in total. The summed E-state index contributed by atoms with van der Waals surface area (Å²) in [6, 6.07) is 7.39. The number of rotatable bonds is 4. The third kappa shape index (κ3) is 3.25. The van der Waals surface area contributed by atoms with Gasteiger partial charge in [-0.15, -0.1) is 0 Å². The van der Waals surface area contributed by atoms with Gasteiger partial charge < -0.3 is 14.6 Å². The van der Waals surface area contributed by atoms with Gasteiger partial charge in [-0.05, 0) is 43.4 Å². The third-order valence-electron chi connectivity index (χ3n) is 5.64. The van der Waals surface area contributed by atoms with E-state index >= 15 is 0 Å². The van der Waals surface area contributed by atoms with E-state index in [0.717, 1.165) is 50.5 Å². The van der Waals surface area contributed by atoms with Crippen molar-refractivity contribution >= 4 is 0 Å². The van der Waals surface area contributed by atoms with Gasteiger partial charge in [-0.1, -0.05) is 13.0 Å². The maximum absolute atomic E-state index is 9.90. The summed E-state index contributed by atoms with van der Waals surface area (Å²) in [7, 11) is 0. The summed E-state index contributed by atoms with van der Waals surface area (Å²) in [6.45, 7) is 9.11. The van der Waals surface area contributed by atoms with E-state index in [2.05, 4.69) is 35.8 Å². The molecule has 0 saturated carbocycles. The van der Waals surface area contributed by atoms with Gasteiger partial charge in [0, 0.05) is 38.3 Å². The van der Waals surface area contributed by atoms with Crippen LogP contribution in [-0.4, -0.2) is 66.1 Å². The predicted octanol–water partition coefficient (Wildman–Crippen LogP) is 1.73. The second-order valence-electron chi connectivity index (χ2n) is 7.80. The monoisotopic (exact) mass is 332 g/mol. The zero-order valence-electron chi connectivity index (χ0n) is 14.6. The Morgan fingerprint density at radius 2 is 2.04 bits per heavy atom. The number of fused-ring (bicyclic) bond motifs is 2. The molecule has 5 nitrogen and oxygen atoms in total. The fourth-order valence-electron chi connectivity index (χ4n) is 4.47. The first kappa shape index (κ1) is 16.2. The Balaban J connectivity index is 1.35. The SMILES string of the molecule is CC(Cc1ccc2c(c1)OCO2)CN1CC2C[C@@H](O)CN2C[C@@H]1C. The van der Waals surface area contributed by atoms with Gasteiger partial charge in [-0.2, -0.15) is 0 Å². The minimum atomic E-state index is -0.131. The van der Waals surface area contributed by atoms with Crippen molar-refractivity contribution in [3.63, 3.8) is 0 Å². The highest BCUT2D eigenvalue weighted by Gasteiger charge is 2.38.